The van der Waals surface area contributed by atoms with E-state index in [0.29, 0.717) is 6.42 Å². The normalized spacial score (nSPS) is 25.5. The summed E-state index contributed by atoms with van der Waals surface area (Å²) in [4.78, 5) is 24.5. The zero-order chi connectivity index (χ0) is 13.2. The first-order valence-electron chi connectivity index (χ1n) is 5.96. The van der Waals surface area contributed by atoms with Gasteiger partial charge in [-0.15, -0.1) is 0 Å². The SMILES string of the molecule is C[C@H]1CCC[C@H](C(=O)O)N1C(=O)OC(C)(C)C. The molecular weight excluding hydrogens is 222 g/mol. The van der Waals surface area contributed by atoms with Crippen LogP contribution in [0.25, 0.3) is 0 Å². The Morgan fingerprint density at radius 3 is 2.35 bits per heavy atom. The lowest BCUT2D eigenvalue weighted by atomic mass is 9.97. The average molecular weight is 243 g/mol. The highest BCUT2D eigenvalue weighted by Crippen LogP contribution is 2.25. The van der Waals surface area contributed by atoms with E-state index in [-0.39, 0.29) is 6.04 Å². The summed E-state index contributed by atoms with van der Waals surface area (Å²) < 4.78 is 5.25. The van der Waals surface area contributed by atoms with Gasteiger partial charge in [-0.25, -0.2) is 9.59 Å². The Kier molecular flexibility index (Phi) is 4.01. The lowest BCUT2D eigenvalue weighted by molar-refractivity contribution is -0.145. The lowest BCUT2D eigenvalue weighted by Gasteiger charge is -2.38. The van der Waals surface area contributed by atoms with Crippen molar-refractivity contribution in [1.29, 1.82) is 0 Å². The first-order valence-corrected chi connectivity index (χ1v) is 5.96. The van der Waals surface area contributed by atoms with Crippen molar-refractivity contribution in [1.82, 2.24) is 4.90 Å². The van der Waals surface area contributed by atoms with Gasteiger partial charge < -0.3 is 9.84 Å². The molecule has 1 aliphatic rings. The minimum atomic E-state index is -0.956. The minimum absolute atomic E-state index is 0.0836. The van der Waals surface area contributed by atoms with Crippen LogP contribution in [0.4, 0.5) is 4.79 Å². The standard InChI is InChI=1S/C12H21NO4/c1-8-6-5-7-9(10(14)15)13(8)11(16)17-12(2,3)4/h8-9H,5-7H2,1-4H3,(H,14,15)/t8-,9+/m0/s1. The Morgan fingerprint density at radius 1 is 1.29 bits per heavy atom. The predicted molar refractivity (Wildman–Crippen MR) is 62.8 cm³/mol. The number of carbonyl (C=O) groups excluding carboxylic acids is 1. The second-order valence-electron chi connectivity index (χ2n) is 5.52. The summed E-state index contributed by atoms with van der Waals surface area (Å²) >= 11 is 0. The molecule has 0 unspecified atom stereocenters. The number of likely N-dealkylation sites (tertiary alicyclic amines) is 1. The number of hydrogen-bond donors (Lipinski definition) is 1. The second-order valence-corrected chi connectivity index (χ2v) is 5.52. The van der Waals surface area contributed by atoms with Crippen molar-refractivity contribution >= 4 is 12.1 Å². The Balaban J connectivity index is 2.82. The summed E-state index contributed by atoms with van der Waals surface area (Å²) in [6.45, 7) is 7.18. The largest absolute Gasteiger partial charge is 0.480 e. The van der Waals surface area contributed by atoms with Gasteiger partial charge in [-0.05, 0) is 47.0 Å². The van der Waals surface area contributed by atoms with E-state index in [2.05, 4.69) is 0 Å². The summed E-state index contributed by atoms with van der Waals surface area (Å²) in [7, 11) is 0. The number of aliphatic carboxylic acids is 1. The van der Waals surface area contributed by atoms with Gasteiger partial charge >= 0.3 is 12.1 Å². The Hall–Kier alpha value is -1.26. The maximum absolute atomic E-state index is 12.0. The molecule has 98 valence electrons. The van der Waals surface area contributed by atoms with Gasteiger partial charge in [0, 0.05) is 6.04 Å². The van der Waals surface area contributed by atoms with Crippen molar-refractivity contribution in [3.63, 3.8) is 0 Å². The predicted octanol–water partition coefficient (Wildman–Crippen LogP) is 2.25. The van der Waals surface area contributed by atoms with E-state index >= 15 is 0 Å². The third-order valence-corrected chi connectivity index (χ3v) is 2.80. The van der Waals surface area contributed by atoms with Crippen LogP contribution in [0.15, 0.2) is 0 Å². The zero-order valence-corrected chi connectivity index (χ0v) is 10.9. The van der Waals surface area contributed by atoms with E-state index in [9.17, 15) is 9.59 Å². The first-order chi connectivity index (χ1) is 7.72. The monoisotopic (exact) mass is 243 g/mol. The molecule has 0 aromatic rings. The van der Waals surface area contributed by atoms with Gasteiger partial charge in [0.05, 0.1) is 0 Å². The minimum Gasteiger partial charge on any atom is -0.480 e. The molecule has 1 aliphatic heterocycles. The van der Waals surface area contributed by atoms with E-state index in [4.69, 9.17) is 9.84 Å². The molecular formula is C12H21NO4. The number of piperidine rings is 1. The molecule has 0 aliphatic carbocycles. The topological polar surface area (TPSA) is 66.8 Å². The first kappa shape index (κ1) is 13.8. The molecule has 1 heterocycles. The van der Waals surface area contributed by atoms with Crippen molar-refractivity contribution in [3.05, 3.63) is 0 Å². The molecule has 1 rings (SSSR count). The molecule has 1 N–H and O–H groups in total. The number of carboxylic acid groups (broad SMARTS) is 1. The number of hydrogen-bond acceptors (Lipinski definition) is 3. The van der Waals surface area contributed by atoms with Crippen molar-refractivity contribution in [2.45, 2.75) is 64.6 Å². The van der Waals surface area contributed by atoms with Gasteiger partial charge in [0.25, 0.3) is 0 Å². The van der Waals surface area contributed by atoms with Crippen molar-refractivity contribution in [2.24, 2.45) is 0 Å². The molecule has 1 amide bonds. The molecule has 0 aromatic heterocycles. The number of rotatable bonds is 1. The smallest absolute Gasteiger partial charge is 0.411 e. The average Bonchev–Trinajstić information content (AvgIpc) is 2.13. The maximum atomic E-state index is 12.0. The molecule has 5 nitrogen and oxygen atoms in total. The van der Waals surface area contributed by atoms with Crippen LogP contribution in [-0.4, -0.2) is 39.8 Å². The van der Waals surface area contributed by atoms with Crippen LogP contribution in [0.2, 0.25) is 0 Å². The van der Waals surface area contributed by atoms with E-state index < -0.39 is 23.7 Å². The fourth-order valence-electron chi connectivity index (χ4n) is 2.06. The maximum Gasteiger partial charge on any atom is 0.411 e. The number of carbonyl (C=O) groups is 2. The Bertz CT molecular complexity index is 308. The summed E-state index contributed by atoms with van der Waals surface area (Å²) in [5.41, 5.74) is -0.600. The number of nitrogens with zero attached hydrogens (tertiary/aromatic N) is 1. The quantitative estimate of drug-likeness (QED) is 0.767. The van der Waals surface area contributed by atoms with Crippen LogP contribution in [0, 0.1) is 0 Å². The van der Waals surface area contributed by atoms with Gasteiger partial charge in [-0.3, -0.25) is 4.90 Å². The van der Waals surface area contributed by atoms with E-state index in [1.54, 1.807) is 20.8 Å². The molecule has 0 saturated carbocycles. The fraction of sp³-hybridized carbons (Fsp3) is 0.833. The highest BCUT2D eigenvalue weighted by Gasteiger charge is 2.38. The summed E-state index contributed by atoms with van der Waals surface area (Å²) in [6, 6.07) is -0.840. The van der Waals surface area contributed by atoms with Gasteiger partial charge in [0.2, 0.25) is 0 Å². The van der Waals surface area contributed by atoms with Crippen LogP contribution >= 0.6 is 0 Å². The molecule has 17 heavy (non-hydrogen) atoms. The van der Waals surface area contributed by atoms with Crippen LogP contribution in [0.3, 0.4) is 0 Å². The van der Waals surface area contributed by atoms with E-state index in [1.165, 1.54) is 4.90 Å². The second kappa shape index (κ2) is 4.94. The molecule has 0 spiro atoms. The van der Waals surface area contributed by atoms with Crippen LogP contribution in [0.5, 0.6) is 0 Å². The van der Waals surface area contributed by atoms with Crippen molar-refractivity contribution in [3.8, 4) is 0 Å². The highest BCUT2D eigenvalue weighted by molar-refractivity contribution is 5.80. The van der Waals surface area contributed by atoms with Crippen molar-refractivity contribution < 1.29 is 19.4 Å². The molecule has 0 bridgehead atoms. The van der Waals surface area contributed by atoms with Crippen molar-refractivity contribution in [2.75, 3.05) is 0 Å². The number of ether oxygens (including phenoxy) is 1. The van der Waals surface area contributed by atoms with Crippen LogP contribution in [0.1, 0.15) is 47.0 Å². The van der Waals surface area contributed by atoms with Gasteiger partial charge in [0.1, 0.15) is 11.6 Å². The molecule has 2 atom stereocenters. The van der Waals surface area contributed by atoms with Gasteiger partial charge in [0.15, 0.2) is 0 Å². The van der Waals surface area contributed by atoms with E-state index in [1.807, 2.05) is 6.92 Å². The zero-order valence-electron chi connectivity index (χ0n) is 10.9. The summed E-state index contributed by atoms with van der Waals surface area (Å²) in [5.74, 6) is -0.956. The highest BCUT2D eigenvalue weighted by atomic mass is 16.6. The fourth-order valence-corrected chi connectivity index (χ4v) is 2.06. The van der Waals surface area contributed by atoms with E-state index in [0.717, 1.165) is 12.8 Å². The lowest BCUT2D eigenvalue weighted by Crippen LogP contribution is -2.53. The third-order valence-electron chi connectivity index (χ3n) is 2.80. The Labute approximate surface area is 102 Å². The number of amides is 1. The molecule has 5 heteroatoms. The molecule has 1 fully saturated rings. The van der Waals surface area contributed by atoms with Crippen LogP contribution in [-0.2, 0) is 9.53 Å². The third kappa shape index (κ3) is 3.61. The molecule has 0 radical (unpaired) electrons. The van der Waals surface area contributed by atoms with Crippen LogP contribution < -0.4 is 0 Å². The molecule has 0 aromatic carbocycles. The number of carboxylic acids is 1. The van der Waals surface area contributed by atoms with Gasteiger partial charge in [-0.1, -0.05) is 0 Å². The van der Waals surface area contributed by atoms with Gasteiger partial charge in [-0.2, -0.15) is 0 Å². The summed E-state index contributed by atoms with van der Waals surface area (Å²) in [6.07, 6.45) is 1.62. The molecule has 1 saturated heterocycles. The Morgan fingerprint density at radius 2 is 1.88 bits per heavy atom. The summed E-state index contributed by atoms with van der Waals surface area (Å²) in [5, 5.41) is 9.12.